The standard InChI is InChI=1S/C10H14Si.C3H6O/c1-4-9-5-7-10(8-6-9)11(2)3;1-3-2-4-3/h4-8,11H,1H2,2-3H3;3H,2H2,1H3. The van der Waals surface area contributed by atoms with Crippen molar-refractivity contribution in [3.63, 3.8) is 0 Å². The van der Waals surface area contributed by atoms with Gasteiger partial charge in [0.15, 0.2) is 0 Å². The molecule has 1 aliphatic rings. The lowest BCUT2D eigenvalue weighted by atomic mass is 10.2. The molecule has 1 heterocycles. The van der Waals surface area contributed by atoms with Gasteiger partial charge in [0.1, 0.15) is 0 Å². The Morgan fingerprint density at radius 2 is 1.80 bits per heavy atom. The minimum Gasteiger partial charge on any atom is -0.373 e. The highest BCUT2D eigenvalue weighted by atomic mass is 28.3. The third-order valence-corrected chi connectivity index (χ3v) is 4.06. The quantitative estimate of drug-likeness (QED) is 0.551. The van der Waals surface area contributed by atoms with Crippen molar-refractivity contribution in [2.75, 3.05) is 6.61 Å². The van der Waals surface area contributed by atoms with Gasteiger partial charge in [0, 0.05) is 0 Å². The van der Waals surface area contributed by atoms with Crippen LogP contribution in [0, 0.1) is 0 Å². The number of benzene rings is 1. The Bertz CT molecular complexity index is 299. The Morgan fingerprint density at radius 3 is 2.07 bits per heavy atom. The summed E-state index contributed by atoms with van der Waals surface area (Å²) in [5.41, 5.74) is 1.21. The molecule has 0 aromatic heterocycles. The smallest absolute Gasteiger partial charge is 0.0781 e. The maximum Gasteiger partial charge on any atom is 0.0781 e. The fraction of sp³-hybridized carbons (Fsp3) is 0.385. The predicted molar refractivity (Wildman–Crippen MR) is 70.5 cm³/mol. The molecule has 1 aliphatic heterocycles. The van der Waals surface area contributed by atoms with E-state index in [2.05, 4.69) is 50.9 Å². The summed E-state index contributed by atoms with van der Waals surface area (Å²) >= 11 is 0. The molecule has 82 valence electrons. The predicted octanol–water partition coefficient (Wildman–Crippen LogP) is 2.43. The highest BCUT2D eigenvalue weighted by molar-refractivity contribution is 6.70. The summed E-state index contributed by atoms with van der Waals surface area (Å²) in [6, 6.07) is 8.70. The van der Waals surface area contributed by atoms with Crippen LogP contribution >= 0.6 is 0 Å². The summed E-state index contributed by atoms with van der Waals surface area (Å²) < 4.78 is 4.71. The van der Waals surface area contributed by atoms with E-state index in [4.69, 9.17) is 4.74 Å². The summed E-state index contributed by atoms with van der Waals surface area (Å²) in [6.45, 7) is 11.4. The van der Waals surface area contributed by atoms with Crippen molar-refractivity contribution in [1.82, 2.24) is 0 Å². The van der Waals surface area contributed by atoms with E-state index >= 15 is 0 Å². The number of ether oxygens (including phenoxy) is 1. The first kappa shape index (κ1) is 12.2. The largest absolute Gasteiger partial charge is 0.373 e. The average Bonchev–Trinajstić information content (AvgIpc) is 3.02. The number of hydrogen-bond donors (Lipinski definition) is 0. The van der Waals surface area contributed by atoms with Gasteiger partial charge < -0.3 is 4.74 Å². The Hall–Kier alpha value is -0.863. The first-order chi connectivity index (χ1) is 7.13. The highest BCUT2D eigenvalue weighted by Crippen LogP contribution is 2.04. The lowest BCUT2D eigenvalue weighted by molar-refractivity contribution is 0.423. The van der Waals surface area contributed by atoms with Crippen LogP contribution in [-0.2, 0) is 4.74 Å². The number of rotatable bonds is 2. The number of hydrogen-bond acceptors (Lipinski definition) is 1. The molecule has 1 nitrogen and oxygen atoms in total. The molecule has 2 heteroatoms. The molecule has 1 aromatic rings. The van der Waals surface area contributed by atoms with E-state index < -0.39 is 8.80 Å². The van der Waals surface area contributed by atoms with Gasteiger partial charge in [-0.15, -0.1) is 0 Å². The molecule has 1 atom stereocenters. The van der Waals surface area contributed by atoms with E-state index in [9.17, 15) is 0 Å². The molecule has 0 amide bonds. The molecular weight excluding hydrogens is 200 g/mol. The SMILES string of the molecule is C=Cc1ccc([SiH](C)C)cc1.CC1CO1. The van der Waals surface area contributed by atoms with Crippen LogP contribution in [0.5, 0.6) is 0 Å². The Balaban J connectivity index is 0.000000234. The molecule has 1 unspecified atom stereocenters. The van der Waals surface area contributed by atoms with Crippen LogP contribution < -0.4 is 5.19 Å². The van der Waals surface area contributed by atoms with Gasteiger partial charge in [-0.25, -0.2) is 0 Å². The minimum absolute atomic E-state index is 0.583. The van der Waals surface area contributed by atoms with Crippen LogP contribution in [0.3, 0.4) is 0 Å². The normalized spacial score (nSPS) is 18.0. The van der Waals surface area contributed by atoms with Crippen molar-refractivity contribution in [3.05, 3.63) is 36.4 Å². The third kappa shape index (κ3) is 4.95. The van der Waals surface area contributed by atoms with Gasteiger partial charge in [0.25, 0.3) is 0 Å². The van der Waals surface area contributed by atoms with Gasteiger partial charge >= 0.3 is 0 Å². The zero-order valence-electron chi connectivity index (χ0n) is 9.86. The van der Waals surface area contributed by atoms with E-state index in [1.807, 2.05) is 6.08 Å². The molecule has 1 saturated heterocycles. The van der Waals surface area contributed by atoms with Crippen LogP contribution in [0.4, 0.5) is 0 Å². The van der Waals surface area contributed by atoms with Crippen molar-refractivity contribution >= 4 is 20.1 Å². The Kier molecular flexibility index (Phi) is 4.79. The molecule has 2 rings (SSSR count). The molecular formula is C13H20OSi. The highest BCUT2D eigenvalue weighted by Gasteiger charge is 2.13. The zero-order chi connectivity index (χ0) is 11.3. The van der Waals surface area contributed by atoms with E-state index in [0.717, 1.165) is 6.61 Å². The second-order valence-corrected chi connectivity index (χ2v) is 7.15. The first-order valence-electron chi connectivity index (χ1n) is 5.47. The summed E-state index contributed by atoms with van der Waals surface area (Å²) in [7, 11) is -0.595. The molecule has 1 aromatic carbocycles. The molecule has 0 bridgehead atoms. The monoisotopic (exact) mass is 220 g/mol. The summed E-state index contributed by atoms with van der Waals surface area (Å²) in [5, 5.41) is 1.52. The van der Waals surface area contributed by atoms with Gasteiger partial charge in [-0.2, -0.15) is 0 Å². The summed E-state index contributed by atoms with van der Waals surface area (Å²) in [6.07, 6.45) is 2.46. The van der Waals surface area contributed by atoms with E-state index in [-0.39, 0.29) is 0 Å². The summed E-state index contributed by atoms with van der Waals surface area (Å²) in [5.74, 6) is 0. The van der Waals surface area contributed by atoms with Crippen LogP contribution in [-0.4, -0.2) is 21.5 Å². The zero-order valence-corrected chi connectivity index (χ0v) is 11.0. The van der Waals surface area contributed by atoms with Gasteiger partial charge in [0.05, 0.1) is 21.5 Å². The minimum atomic E-state index is -0.595. The van der Waals surface area contributed by atoms with Crippen LogP contribution in [0.15, 0.2) is 30.8 Å². The van der Waals surface area contributed by atoms with E-state index in [1.165, 1.54) is 10.8 Å². The summed E-state index contributed by atoms with van der Waals surface area (Å²) in [4.78, 5) is 0. The molecule has 0 spiro atoms. The second kappa shape index (κ2) is 5.88. The maximum absolute atomic E-state index is 4.71. The van der Waals surface area contributed by atoms with Crippen LogP contribution in [0.1, 0.15) is 12.5 Å². The van der Waals surface area contributed by atoms with Crippen LogP contribution in [0.25, 0.3) is 6.08 Å². The van der Waals surface area contributed by atoms with Gasteiger partial charge in [0.2, 0.25) is 0 Å². The van der Waals surface area contributed by atoms with Gasteiger partial charge in [-0.3, -0.25) is 0 Å². The Labute approximate surface area is 94.4 Å². The fourth-order valence-corrected chi connectivity index (χ4v) is 2.08. The lowest BCUT2D eigenvalue weighted by Gasteiger charge is -2.02. The van der Waals surface area contributed by atoms with Crippen molar-refractivity contribution in [2.45, 2.75) is 26.1 Å². The van der Waals surface area contributed by atoms with Crippen molar-refractivity contribution in [3.8, 4) is 0 Å². The van der Waals surface area contributed by atoms with Crippen LogP contribution in [0.2, 0.25) is 13.1 Å². The van der Waals surface area contributed by atoms with Gasteiger partial charge in [-0.1, -0.05) is 55.2 Å². The average molecular weight is 220 g/mol. The lowest BCUT2D eigenvalue weighted by Crippen LogP contribution is -2.21. The molecule has 0 radical (unpaired) electrons. The third-order valence-electron chi connectivity index (χ3n) is 2.34. The first-order valence-corrected chi connectivity index (χ1v) is 8.36. The maximum atomic E-state index is 4.71. The second-order valence-electron chi connectivity index (χ2n) is 4.17. The van der Waals surface area contributed by atoms with E-state index in [1.54, 1.807) is 0 Å². The topological polar surface area (TPSA) is 12.5 Å². The van der Waals surface area contributed by atoms with Gasteiger partial charge in [-0.05, 0) is 12.5 Å². The Morgan fingerprint density at radius 1 is 1.33 bits per heavy atom. The fourth-order valence-electron chi connectivity index (χ4n) is 1.11. The molecule has 0 saturated carbocycles. The van der Waals surface area contributed by atoms with Crippen molar-refractivity contribution in [1.29, 1.82) is 0 Å². The molecule has 0 aliphatic carbocycles. The van der Waals surface area contributed by atoms with Crippen molar-refractivity contribution < 1.29 is 4.74 Å². The molecule has 15 heavy (non-hydrogen) atoms. The van der Waals surface area contributed by atoms with Crippen molar-refractivity contribution in [2.24, 2.45) is 0 Å². The molecule has 0 N–H and O–H groups in total. The number of epoxide rings is 1. The van der Waals surface area contributed by atoms with E-state index in [0.29, 0.717) is 6.10 Å². The molecule has 1 fully saturated rings.